The highest BCUT2D eigenvalue weighted by Crippen LogP contribution is 2.22. The number of aromatic nitrogens is 2. The quantitative estimate of drug-likeness (QED) is 0.919. The molecule has 0 amide bonds. The van der Waals surface area contributed by atoms with E-state index in [1.165, 1.54) is 11.1 Å². The molecular weight excluding hydrogens is 306 g/mol. The van der Waals surface area contributed by atoms with Gasteiger partial charge in [-0.3, -0.25) is 4.68 Å². The molecule has 5 heteroatoms. The van der Waals surface area contributed by atoms with Crippen LogP contribution in [-0.4, -0.2) is 16.9 Å². The van der Waals surface area contributed by atoms with Gasteiger partial charge >= 0.3 is 0 Å². The van der Waals surface area contributed by atoms with Crippen LogP contribution in [0.5, 0.6) is 5.75 Å². The first kappa shape index (κ1) is 14.1. The van der Waals surface area contributed by atoms with Gasteiger partial charge in [0.15, 0.2) is 0 Å². The summed E-state index contributed by atoms with van der Waals surface area (Å²) >= 11 is 3.55. The number of aryl methyl sites for hydroxylation is 2. The molecule has 0 atom stereocenters. The molecule has 1 N–H and O–H groups in total. The van der Waals surface area contributed by atoms with Gasteiger partial charge in [0.2, 0.25) is 0 Å². The zero-order valence-electron chi connectivity index (χ0n) is 11.4. The van der Waals surface area contributed by atoms with Crippen LogP contribution in [-0.2, 0) is 20.1 Å². The lowest BCUT2D eigenvalue weighted by Gasteiger charge is -2.08. The van der Waals surface area contributed by atoms with Gasteiger partial charge in [0.25, 0.3) is 0 Å². The Labute approximate surface area is 121 Å². The Bertz CT molecular complexity index is 566. The van der Waals surface area contributed by atoms with Crippen LogP contribution in [0.15, 0.2) is 28.9 Å². The minimum atomic E-state index is 0.784. The smallest absolute Gasteiger partial charge is 0.119 e. The van der Waals surface area contributed by atoms with Gasteiger partial charge in [-0.2, -0.15) is 5.10 Å². The molecule has 0 unspecified atom stereocenters. The molecule has 102 valence electrons. The van der Waals surface area contributed by atoms with Crippen LogP contribution in [0.3, 0.4) is 0 Å². The van der Waals surface area contributed by atoms with Crippen LogP contribution in [0.1, 0.15) is 16.8 Å². The number of nitrogens with one attached hydrogen (secondary N) is 1. The number of hydrogen-bond donors (Lipinski definition) is 1. The number of nitrogens with zero attached hydrogens (tertiary/aromatic N) is 2. The second-order valence-corrected chi connectivity index (χ2v) is 5.33. The molecule has 19 heavy (non-hydrogen) atoms. The lowest BCUT2D eigenvalue weighted by atomic mass is 10.2. The molecule has 0 aliphatic heterocycles. The van der Waals surface area contributed by atoms with Crippen molar-refractivity contribution < 1.29 is 4.74 Å². The molecule has 2 aromatic rings. The zero-order chi connectivity index (χ0) is 13.8. The van der Waals surface area contributed by atoms with E-state index >= 15 is 0 Å². The van der Waals surface area contributed by atoms with Crippen molar-refractivity contribution in [3.63, 3.8) is 0 Å². The molecule has 0 aliphatic rings. The van der Waals surface area contributed by atoms with Gasteiger partial charge in [0.05, 0.1) is 12.8 Å². The summed E-state index contributed by atoms with van der Waals surface area (Å²) in [4.78, 5) is 0. The summed E-state index contributed by atoms with van der Waals surface area (Å²) in [5.41, 5.74) is 3.47. The second kappa shape index (κ2) is 6.21. The summed E-state index contributed by atoms with van der Waals surface area (Å²) in [7, 11) is 3.62. The van der Waals surface area contributed by atoms with Crippen molar-refractivity contribution in [2.45, 2.75) is 20.0 Å². The van der Waals surface area contributed by atoms with E-state index in [0.29, 0.717) is 0 Å². The lowest BCUT2D eigenvalue weighted by molar-refractivity contribution is 0.414. The number of rotatable bonds is 5. The molecular formula is C14H18BrN3O. The average Bonchev–Trinajstić information content (AvgIpc) is 2.70. The van der Waals surface area contributed by atoms with Crippen molar-refractivity contribution in [3.05, 3.63) is 45.7 Å². The maximum Gasteiger partial charge on any atom is 0.119 e. The van der Waals surface area contributed by atoms with Crippen molar-refractivity contribution in [1.82, 2.24) is 15.1 Å². The monoisotopic (exact) mass is 323 g/mol. The van der Waals surface area contributed by atoms with Crippen LogP contribution < -0.4 is 10.1 Å². The molecule has 4 nitrogen and oxygen atoms in total. The highest BCUT2D eigenvalue weighted by Gasteiger charge is 2.05. The Morgan fingerprint density at radius 2 is 2.05 bits per heavy atom. The molecule has 0 fully saturated rings. The van der Waals surface area contributed by atoms with Crippen LogP contribution in [0.2, 0.25) is 0 Å². The number of benzene rings is 1. The van der Waals surface area contributed by atoms with E-state index in [1.807, 2.05) is 43.0 Å². The molecule has 0 aliphatic carbocycles. The third-order valence-electron chi connectivity index (χ3n) is 3.00. The van der Waals surface area contributed by atoms with E-state index in [2.05, 4.69) is 26.3 Å². The van der Waals surface area contributed by atoms with Gasteiger partial charge in [-0.15, -0.1) is 0 Å². The fourth-order valence-corrected chi connectivity index (χ4v) is 2.35. The summed E-state index contributed by atoms with van der Waals surface area (Å²) in [6, 6.07) is 5.98. The normalized spacial score (nSPS) is 10.7. The van der Waals surface area contributed by atoms with E-state index in [-0.39, 0.29) is 0 Å². The standard InChI is InChI=1S/C14H18BrN3O/c1-10-12(9-18(2)17-10)8-16-7-11-6-13(19-3)4-5-14(11)15/h4-6,9,16H,7-8H2,1-3H3. The Hall–Kier alpha value is -1.33. The van der Waals surface area contributed by atoms with E-state index in [9.17, 15) is 0 Å². The number of methoxy groups -OCH3 is 1. The van der Waals surface area contributed by atoms with Crippen molar-refractivity contribution in [2.24, 2.45) is 7.05 Å². The predicted octanol–water partition coefficient (Wildman–Crippen LogP) is 2.79. The summed E-state index contributed by atoms with van der Waals surface area (Å²) in [6.07, 6.45) is 2.04. The maximum atomic E-state index is 5.23. The number of hydrogen-bond acceptors (Lipinski definition) is 3. The first-order valence-corrected chi connectivity index (χ1v) is 6.91. The van der Waals surface area contributed by atoms with Gasteiger partial charge in [-0.1, -0.05) is 15.9 Å². The molecule has 1 aromatic heterocycles. The van der Waals surface area contributed by atoms with E-state index < -0.39 is 0 Å². The largest absolute Gasteiger partial charge is 0.497 e. The number of ether oxygens (including phenoxy) is 1. The maximum absolute atomic E-state index is 5.23. The highest BCUT2D eigenvalue weighted by atomic mass is 79.9. The molecule has 2 rings (SSSR count). The molecule has 0 radical (unpaired) electrons. The minimum Gasteiger partial charge on any atom is -0.497 e. The highest BCUT2D eigenvalue weighted by molar-refractivity contribution is 9.10. The minimum absolute atomic E-state index is 0.784. The van der Waals surface area contributed by atoms with Gasteiger partial charge in [-0.05, 0) is 30.7 Å². The number of halogens is 1. The van der Waals surface area contributed by atoms with Crippen LogP contribution in [0, 0.1) is 6.92 Å². The molecule has 0 bridgehead atoms. The molecule has 0 spiro atoms. The second-order valence-electron chi connectivity index (χ2n) is 4.47. The average molecular weight is 324 g/mol. The van der Waals surface area contributed by atoms with Gasteiger partial charge in [0.1, 0.15) is 5.75 Å². The molecule has 1 heterocycles. The van der Waals surface area contributed by atoms with Gasteiger partial charge in [0, 0.05) is 36.4 Å². The predicted molar refractivity (Wildman–Crippen MR) is 79.2 cm³/mol. The first-order chi connectivity index (χ1) is 9.10. The van der Waals surface area contributed by atoms with Crippen molar-refractivity contribution in [2.75, 3.05) is 7.11 Å². The van der Waals surface area contributed by atoms with Gasteiger partial charge < -0.3 is 10.1 Å². The SMILES string of the molecule is COc1ccc(Br)c(CNCc2cn(C)nc2C)c1. The first-order valence-electron chi connectivity index (χ1n) is 6.12. The summed E-state index contributed by atoms with van der Waals surface area (Å²) < 4.78 is 8.16. The van der Waals surface area contributed by atoms with Crippen molar-refractivity contribution in [3.8, 4) is 5.75 Å². The Morgan fingerprint density at radius 1 is 1.32 bits per heavy atom. The molecule has 0 saturated carbocycles. The Morgan fingerprint density at radius 3 is 2.68 bits per heavy atom. The van der Waals surface area contributed by atoms with Crippen LogP contribution >= 0.6 is 15.9 Å². The summed E-state index contributed by atoms with van der Waals surface area (Å²) in [5.74, 6) is 0.873. The van der Waals surface area contributed by atoms with Gasteiger partial charge in [-0.25, -0.2) is 0 Å². The topological polar surface area (TPSA) is 39.1 Å². The van der Waals surface area contributed by atoms with Crippen molar-refractivity contribution in [1.29, 1.82) is 0 Å². The van der Waals surface area contributed by atoms with E-state index in [0.717, 1.165) is 29.0 Å². The lowest BCUT2D eigenvalue weighted by Crippen LogP contribution is -2.13. The molecule has 0 saturated heterocycles. The van der Waals surface area contributed by atoms with Crippen LogP contribution in [0.4, 0.5) is 0 Å². The molecule has 1 aromatic carbocycles. The third-order valence-corrected chi connectivity index (χ3v) is 3.77. The van der Waals surface area contributed by atoms with Crippen LogP contribution in [0.25, 0.3) is 0 Å². The third kappa shape index (κ3) is 3.58. The van der Waals surface area contributed by atoms with Crippen molar-refractivity contribution >= 4 is 15.9 Å². The van der Waals surface area contributed by atoms with E-state index in [4.69, 9.17) is 4.74 Å². The fourth-order valence-electron chi connectivity index (χ4n) is 1.97. The summed E-state index contributed by atoms with van der Waals surface area (Å²) in [6.45, 7) is 3.62. The van der Waals surface area contributed by atoms with E-state index in [1.54, 1.807) is 7.11 Å². The Balaban J connectivity index is 1.97. The summed E-state index contributed by atoms with van der Waals surface area (Å²) in [5, 5.41) is 7.75. The Kier molecular flexibility index (Phi) is 4.61. The fraction of sp³-hybridized carbons (Fsp3) is 0.357. The zero-order valence-corrected chi connectivity index (χ0v) is 13.0.